The van der Waals surface area contributed by atoms with Gasteiger partial charge in [-0.05, 0) is 23.5 Å². The summed E-state index contributed by atoms with van der Waals surface area (Å²) in [4.78, 5) is 0. The topological polar surface area (TPSA) is 0 Å². The highest BCUT2D eigenvalue weighted by atomic mass is 79.9. The van der Waals surface area contributed by atoms with Crippen LogP contribution in [0.4, 0.5) is 0 Å². The van der Waals surface area contributed by atoms with Crippen molar-refractivity contribution in [3.05, 3.63) is 71.8 Å². The molecule has 0 fully saturated rings. The van der Waals surface area contributed by atoms with E-state index in [9.17, 15) is 0 Å². The van der Waals surface area contributed by atoms with E-state index in [1.165, 1.54) is 56.1 Å². The molecular weight excluding hydrogens is 356 g/mol. The molecule has 0 nitrogen and oxygen atoms in total. The highest BCUT2D eigenvalue weighted by molar-refractivity contribution is 9.09. The Morgan fingerprint density at radius 2 is 1.25 bits per heavy atom. The molecule has 24 heavy (non-hydrogen) atoms. The number of unbranched alkanes of at least 4 members (excludes halogenated alkanes) is 4. The van der Waals surface area contributed by atoms with E-state index in [1.54, 1.807) is 0 Å². The highest BCUT2D eigenvalue weighted by Gasteiger charge is 2.38. The van der Waals surface area contributed by atoms with E-state index in [1.807, 2.05) is 0 Å². The molecule has 1 heteroatoms. The molecule has 0 saturated carbocycles. The Hall–Kier alpha value is -1.08. The Kier molecular flexibility index (Phi) is 8.05. The van der Waals surface area contributed by atoms with Gasteiger partial charge in [0.05, 0.1) is 4.32 Å². The molecule has 0 spiro atoms. The third-order valence-electron chi connectivity index (χ3n) is 5.10. The molecule has 0 aromatic heterocycles. The lowest BCUT2D eigenvalue weighted by Gasteiger charge is -2.37. The highest BCUT2D eigenvalue weighted by Crippen LogP contribution is 2.48. The zero-order valence-electron chi connectivity index (χ0n) is 15.2. The first kappa shape index (κ1) is 19.2. The van der Waals surface area contributed by atoms with E-state index < -0.39 is 0 Å². The fraction of sp³-hybridized carbons (Fsp3) is 0.478. The zero-order valence-corrected chi connectivity index (χ0v) is 16.8. The van der Waals surface area contributed by atoms with Crippen molar-refractivity contribution in [2.75, 3.05) is 0 Å². The van der Waals surface area contributed by atoms with Crippen molar-refractivity contribution in [1.29, 1.82) is 0 Å². The van der Waals surface area contributed by atoms with Gasteiger partial charge in [-0.25, -0.2) is 0 Å². The molecule has 0 bridgehead atoms. The smallest absolute Gasteiger partial charge is 0.0746 e. The summed E-state index contributed by atoms with van der Waals surface area (Å²) >= 11 is 4.21. The lowest BCUT2D eigenvalue weighted by atomic mass is 9.76. The molecule has 1 atom stereocenters. The maximum atomic E-state index is 4.21. The summed E-state index contributed by atoms with van der Waals surface area (Å²) < 4.78 is -0.0883. The SMILES string of the molecule is CCCCCCCC(CC)C(Br)(c1ccccc1)c1ccccc1. The van der Waals surface area contributed by atoms with Crippen LogP contribution in [-0.2, 0) is 4.32 Å². The molecule has 1 unspecified atom stereocenters. The second-order valence-electron chi connectivity index (χ2n) is 6.75. The fourth-order valence-corrected chi connectivity index (χ4v) is 4.76. The second kappa shape index (κ2) is 10.0. The van der Waals surface area contributed by atoms with E-state index in [-0.39, 0.29) is 4.32 Å². The number of alkyl halides is 1. The summed E-state index contributed by atoms with van der Waals surface area (Å²) in [5, 5.41) is 0. The van der Waals surface area contributed by atoms with E-state index in [0.717, 1.165) is 0 Å². The Morgan fingerprint density at radius 1 is 0.750 bits per heavy atom. The third kappa shape index (κ3) is 4.72. The van der Waals surface area contributed by atoms with Gasteiger partial charge in [0.15, 0.2) is 0 Å². The predicted octanol–water partition coefficient (Wildman–Crippen LogP) is 7.71. The van der Waals surface area contributed by atoms with Gasteiger partial charge in [0.2, 0.25) is 0 Å². The molecule has 2 rings (SSSR count). The lowest BCUT2D eigenvalue weighted by molar-refractivity contribution is 0.377. The van der Waals surface area contributed by atoms with Crippen molar-refractivity contribution in [3.63, 3.8) is 0 Å². The molecule has 2 aromatic rings. The summed E-state index contributed by atoms with van der Waals surface area (Å²) in [5.41, 5.74) is 2.74. The van der Waals surface area contributed by atoms with Gasteiger partial charge in [-0.2, -0.15) is 0 Å². The Morgan fingerprint density at radius 3 is 1.71 bits per heavy atom. The molecule has 0 saturated heterocycles. The van der Waals surface area contributed by atoms with Crippen molar-refractivity contribution < 1.29 is 0 Å². The molecule has 0 aliphatic carbocycles. The average Bonchev–Trinajstić information content (AvgIpc) is 2.65. The van der Waals surface area contributed by atoms with Crippen molar-refractivity contribution in [3.8, 4) is 0 Å². The van der Waals surface area contributed by atoms with Crippen molar-refractivity contribution >= 4 is 15.9 Å². The summed E-state index contributed by atoms with van der Waals surface area (Å²) in [6, 6.07) is 21.9. The van der Waals surface area contributed by atoms with Gasteiger partial charge in [0.1, 0.15) is 0 Å². The maximum Gasteiger partial charge on any atom is 0.0782 e. The van der Waals surface area contributed by atoms with Crippen molar-refractivity contribution in [2.24, 2.45) is 5.92 Å². The number of halogens is 1. The van der Waals surface area contributed by atoms with Crippen LogP contribution in [0.25, 0.3) is 0 Å². The van der Waals surface area contributed by atoms with Crippen LogP contribution in [0.5, 0.6) is 0 Å². The summed E-state index contributed by atoms with van der Waals surface area (Å²) in [7, 11) is 0. The number of hydrogen-bond acceptors (Lipinski definition) is 0. The van der Waals surface area contributed by atoms with Gasteiger partial charge in [-0.3, -0.25) is 0 Å². The summed E-state index contributed by atoms with van der Waals surface area (Å²) in [5.74, 6) is 0.601. The molecule has 0 N–H and O–H groups in total. The van der Waals surface area contributed by atoms with Crippen LogP contribution >= 0.6 is 15.9 Å². The minimum atomic E-state index is -0.0883. The first-order valence-electron chi connectivity index (χ1n) is 9.53. The molecule has 2 aromatic carbocycles. The maximum absolute atomic E-state index is 4.21. The van der Waals surface area contributed by atoms with Crippen LogP contribution in [0, 0.1) is 5.92 Å². The van der Waals surface area contributed by atoms with Crippen molar-refractivity contribution in [2.45, 2.75) is 63.1 Å². The van der Waals surface area contributed by atoms with Gasteiger partial charge in [-0.1, -0.05) is 129 Å². The first-order valence-corrected chi connectivity index (χ1v) is 10.3. The fourth-order valence-electron chi connectivity index (χ4n) is 3.68. The molecule has 0 heterocycles. The monoisotopic (exact) mass is 386 g/mol. The quantitative estimate of drug-likeness (QED) is 0.289. The summed E-state index contributed by atoms with van der Waals surface area (Å²) in [6.07, 6.45) is 9.20. The largest absolute Gasteiger partial charge is 0.0782 e. The van der Waals surface area contributed by atoms with Crippen LogP contribution < -0.4 is 0 Å². The standard InChI is InChI=1S/C23H31Br/c1-3-5-6-7-10-15-20(4-2)23(24,21-16-11-8-12-17-21)22-18-13-9-14-19-22/h8-9,11-14,16-20H,3-7,10,15H2,1-2H3. The van der Waals surface area contributed by atoms with Gasteiger partial charge >= 0.3 is 0 Å². The van der Waals surface area contributed by atoms with Crippen LogP contribution in [0.15, 0.2) is 60.7 Å². The summed E-state index contributed by atoms with van der Waals surface area (Å²) in [6.45, 7) is 4.61. The number of rotatable bonds is 10. The molecule has 0 amide bonds. The molecule has 130 valence electrons. The van der Waals surface area contributed by atoms with Gasteiger partial charge < -0.3 is 0 Å². The van der Waals surface area contributed by atoms with Crippen molar-refractivity contribution in [1.82, 2.24) is 0 Å². The van der Waals surface area contributed by atoms with Gasteiger partial charge in [0.25, 0.3) is 0 Å². The molecular formula is C23H31Br. The second-order valence-corrected chi connectivity index (χ2v) is 8.00. The Bertz CT molecular complexity index is 522. The predicted molar refractivity (Wildman–Crippen MR) is 110 cm³/mol. The Balaban J connectivity index is 2.24. The van der Waals surface area contributed by atoms with E-state index in [0.29, 0.717) is 5.92 Å². The minimum Gasteiger partial charge on any atom is -0.0746 e. The van der Waals surface area contributed by atoms with Crippen LogP contribution in [0.1, 0.15) is 69.9 Å². The molecule has 0 aliphatic heterocycles. The van der Waals surface area contributed by atoms with Crippen LogP contribution in [0.3, 0.4) is 0 Å². The lowest BCUT2D eigenvalue weighted by Crippen LogP contribution is -2.30. The third-order valence-corrected chi connectivity index (χ3v) is 6.66. The van der Waals surface area contributed by atoms with Crippen LogP contribution in [-0.4, -0.2) is 0 Å². The first-order chi connectivity index (χ1) is 11.7. The number of benzene rings is 2. The van der Waals surface area contributed by atoms with E-state index in [4.69, 9.17) is 0 Å². The van der Waals surface area contributed by atoms with Crippen LogP contribution in [0.2, 0.25) is 0 Å². The van der Waals surface area contributed by atoms with Gasteiger partial charge in [-0.15, -0.1) is 0 Å². The molecule has 0 aliphatic rings. The zero-order chi connectivity index (χ0) is 17.3. The average molecular weight is 387 g/mol. The van der Waals surface area contributed by atoms with Gasteiger partial charge in [0, 0.05) is 0 Å². The van der Waals surface area contributed by atoms with E-state index >= 15 is 0 Å². The molecule has 0 radical (unpaired) electrons. The normalized spacial score (nSPS) is 13.0. The Labute approximate surface area is 156 Å². The van der Waals surface area contributed by atoms with E-state index in [2.05, 4.69) is 90.4 Å². The number of hydrogen-bond donors (Lipinski definition) is 0. The minimum absolute atomic E-state index is 0.0883.